The van der Waals surface area contributed by atoms with Crippen molar-refractivity contribution in [2.45, 2.75) is 13.5 Å². The number of hydrogen-bond donors (Lipinski definition) is 1. The van der Waals surface area contributed by atoms with Gasteiger partial charge in [-0.15, -0.1) is 0 Å². The van der Waals surface area contributed by atoms with E-state index < -0.39 is 6.09 Å². The molecule has 0 fully saturated rings. The summed E-state index contributed by atoms with van der Waals surface area (Å²) in [6.45, 7) is 2.07. The van der Waals surface area contributed by atoms with Gasteiger partial charge in [-0.1, -0.05) is 63.9 Å². The van der Waals surface area contributed by atoms with Crippen LogP contribution in [0.15, 0.2) is 75.6 Å². The van der Waals surface area contributed by atoms with Gasteiger partial charge < -0.3 is 9.15 Å². The van der Waals surface area contributed by atoms with Crippen molar-refractivity contribution >= 4 is 50.3 Å². The number of ether oxygens (including phenoxy) is 1. The molecule has 0 radical (unpaired) electrons. The van der Waals surface area contributed by atoms with Crippen LogP contribution in [0.5, 0.6) is 0 Å². The summed E-state index contributed by atoms with van der Waals surface area (Å²) in [4.78, 5) is 12.5. The summed E-state index contributed by atoms with van der Waals surface area (Å²) < 4.78 is 12.4. The Bertz CT molecular complexity index is 1180. The first-order valence-corrected chi connectivity index (χ1v) is 10.1. The number of amides is 1. The van der Waals surface area contributed by atoms with Crippen LogP contribution in [0.4, 0.5) is 10.5 Å². The fourth-order valence-corrected chi connectivity index (χ4v) is 3.48. The third-order valence-electron chi connectivity index (χ3n) is 4.50. The van der Waals surface area contributed by atoms with E-state index in [4.69, 9.17) is 20.8 Å². The molecule has 0 spiro atoms. The van der Waals surface area contributed by atoms with E-state index in [1.165, 1.54) is 0 Å². The molecule has 4 nitrogen and oxygen atoms in total. The zero-order valence-electron chi connectivity index (χ0n) is 15.5. The van der Waals surface area contributed by atoms with Crippen molar-refractivity contribution in [2.24, 2.45) is 0 Å². The van der Waals surface area contributed by atoms with Crippen LogP contribution >= 0.6 is 27.5 Å². The minimum atomic E-state index is -0.577. The van der Waals surface area contributed by atoms with Gasteiger partial charge in [0.1, 0.15) is 12.2 Å². The second kappa shape index (κ2) is 8.31. The maximum absolute atomic E-state index is 12.5. The Morgan fingerprint density at radius 3 is 2.62 bits per heavy atom. The molecule has 0 aliphatic rings. The molecule has 4 rings (SSSR count). The molecule has 0 bridgehead atoms. The third kappa shape index (κ3) is 4.31. The van der Waals surface area contributed by atoms with Crippen molar-refractivity contribution in [3.8, 4) is 11.3 Å². The van der Waals surface area contributed by atoms with E-state index >= 15 is 0 Å². The molecule has 4 aromatic rings. The maximum Gasteiger partial charge on any atom is 0.412 e. The van der Waals surface area contributed by atoms with Gasteiger partial charge in [-0.05, 0) is 42.8 Å². The van der Waals surface area contributed by atoms with Crippen molar-refractivity contribution < 1.29 is 13.9 Å². The number of anilines is 1. The number of halogens is 2. The average Bonchev–Trinajstić information content (AvgIpc) is 3.05. The van der Waals surface area contributed by atoms with E-state index in [2.05, 4.69) is 21.2 Å². The highest BCUT2D eigenvalue weighted by Gasteiger charge is 2.19. The number of furan rings is 1. The maximum atomic E-state index is 12.5. The summed E-state index contributed by atoms with van der Waals surface area (Å²) in [5.74, 6) is 0.577. The highest BCUT2D eigenvalue weighted by atomic mass is 79.9. The molecule has 1 amide bonds. The largest absolute Gasteiger partial charge is 0.454 e. The number of carbonyl (C=O) groups is 1. The average molecular weight is 471 g/mol. The number of rotatable bonds is 4. The van der Waals surface area contributed by atoms with Gasteiger partial charge in [0.2, 0.25) is 0 Å². The number of aryl methyl sites for hydroxylation is 1. The van der Waals surface area contributed by atoms with E-state index in [1.807, 2.05) is 67.6 Å². The molecule has 1 heterocycles. The fraction of sp³-hybridized carbons (Fsp3) is 0.0870. The van der Waals surface area contributed by atoms with E-state index in [1.54, 1.807) is 6.07 Å². The number of benzene rings is 3. The van der Waals surface area contributed by atoms with Crippen LogP contribution in [0.25, 0.3) is 22.3 Å². The SMILES string of the molecule is Cc1ccc2c(NC(=O)OCc3ccccc3Cl)c(-c3ccc(Br)cc3)oc2c1. The van der Waals surface area contributed by atoms with Crippen LogP contribution < -0.4 is 5.32 Å². The highest BCUT2D eigenvalue weighted by molar-refractivity contribution is 9.10. The summed E-state index contributed by atoms with van der Waals surface area (Å²) in [6.07, 6.45) is -0.577. The lowest BCUT2D eigenvalue weighted by Crippen LogP contribution is -2.14. The number of fused-ring (bicyclic) bond motifs is 1. The van der Waals surface area contributed by atoms with Gasteiger partial charge in [-0.25, -0.2) is 4.79 Å². The Hall–Kier alpha value is -2.76. The summed E-state index contributed by atoms with van der Waals surface area (Å²) >= 11 is 9.57. The zero-order chi connectivity index (χ0) is 20.4. The smallest absolute Gasteiger partial charge is 0.412 e. The summed E-state index contributed by atoms with van der Waals surface area (Å²) in [6, 6.07) is 20.8. The number of hydrogen-bond acceptors (Lipinski definition) is 3. The minimum Gasteiger partial charge on any atom is -0.454 e. The summed E-state index contributed by atoms with van der Waals surface area (Å²) in [7, 11) is 0. The first-order chi connectivity index (χ1) is 14.0. The van der Waals surface area contributed by atoms with E-state index in [-0.39, 0.29) is 6.61 Å². The van der Waals surface area contributed by atoms with Crippen LogP contribution in [0.1, 0.15) is 11.1 Å². The van der Waals surface area contributed by atoms with Crippen LogP contribution in [0, 0.1) is 6.92 Å². The predicted molar refractivity (Wildman–Crippen MR) is 119 cm³/mol. The molecule has 0 unspecified atom stereocenters. The highest BCUT2D eigenvalue weighted by Crippen LogP contribution is 2.39. The molecule has 0 atom stereocenters. The molecule has 1 N–H and O–H groups in total. The standard InChI is InChI=1S/C23H17BrClNO3/c1-14-6-11-18-20(12-14)29-22(15-7-9-17(24)10-8-15)21(18)26-23(27)28-13-16-4-2-3-5-19(16)25/h2-12H,13H2,1H3,(H,26,27). The first-order valence-electron chi connectivity index (χ1n) is 8.97. The van der Waals surface area contributed by atoms with Crippen molar-refractivity contribution in [3.63, 3.8) is 0 Å². The molecule has 29 heavy (non-hydrogen) atoms. The summed E-state index contributed by atoms with van der Waals surface area (Å²) in [5, 5.41) is 4.21. The molecule has 0 aliphatic heterocycles. The van der Waals surface area contributed by atoms with Gasteiger partial charge in [-0.2, -0.15) is 0 Å². The normalized spacial score (nSPS) is 10.9. The molecule has 3 aromatic carbocycles. The van der Waals surface area contributed by atoms with Crippen LogP contribution in [0.2, 0.25) is 5.02 Å². The van der Waals surface area contributed by atoms with Crippen LogP contribution in [-0.2, 0) is 11.3 Å². The van der Waals surface area contributed by atoms with Crippen LogP contribution in [0.3, 0.4) is 0 Å². The number of carbonyl (C=O) groups excluding carboxylic acids is 1. The lowest BCUT2D eigenvalue weighted by molar-refractivity contribution is 0.155. The Morgan fingerprint density at radius 1 is 1.10 bits per heavy atom. The molecular formula is C23H17BrClNO3. The quantitative estimate of drug-likeness (QED) is 0.334. The van der Waals surface area contributed by atoms with Gasteiger partial charge in [0.05, 0.1) is 5.69 Å². The fourth-order valence-electron chi connectivity index (χ4n) is 3.03. The molecular weight excluding hydrogens is 454 g/mol. The lowest BCUT2D eigenvalue weighted by Gasteiger charge is -2.09. The Balaban J connectivity index is 1.64. The van der Waals surface area contributed by atoms with E-state index in [9.17, 15) is 4.79 Å². The van der Waals surface area contributed by atoms with Gasteiger partial charge in [0, 0.05) is 26.0 Å². The topological polar surface area (TPSA) is 51.5 Å². The molecule has 6 heteroatoms. The second-order valence-electron chi connectivity index (χ2n) is 6.61. The van der Waals surface area contributed by atoms with Crippen LogP contribution in [-0.4, -0.2) is 6.09 Å². The molecule has 0 aliphatic carbocycles. The van der Waals surface area contributed by atoms with Gasteiger partial charge in [-0.3, -0.25) is 5.32 Å². The Morgan fingerprint density at radius 2 is 1.86 bits per heavy atom. The van der Waals surface area contributed by atoms with E-state index in [0.717, 1.165) is 26.5 Å². The van der Waals surface area contributed by atoms with Crippen molar-refractivity contribution in [2.75, 3.05) is 5.32 Å². The van der Waals surface area contributed by atoms with Gasteiger partial charge in [0.15, 0.2) is 5.76 Å². The van der Waals surface area contributed by atoms with Gasteiger partial charge in [0.25, 0.3) is 0 Å². The molecule has 0 saturated carbocycles. The van der Waals surface area contributed by atoms with Crippen molar-refractivity contribution in [1.82, 2.24) is 0 Å². The lowest BCUT2D eigenvalue weighted by atomic mass is 10.1. The first kappa shape index (κ1) is 19.6. The molecule has 0 saturated heterocycles. The molecule has 146 valence electrons. The second-order valence-corrected chi connectivity index (χ2v) is 7.93. The van der Waals surface area contributed by atoms with Crippen molar-refractivity contribution in [3.05, 3.63) is 87.4 Å². The Kier molecular flexibility index (Phi) is 5.60. The third-order valence-corrected chi connectivity index (χ3v) is 5.39. The molecule has 1 aromatic heterocycles. The summed E-state index contributed by atoms with van der Waals surface area (Å²) in [5.41, 5.74) is 3.94. The Labute approximate surface area is 181 Å². The number of nitrogens with one attached hydrogen (secondary N) is 1. The predicted octanol–water partition coefficient (Wildman–Crippen LogP) is 7.57. The monoisotopic (exact) mass is 469 g/mol. The van der Waals surface area contributed by atoms with E-state index in [0.29, 0.717) is 22.1 Å². The minimum absolute atomic E-state index is 0.0774. The van der Waals surface area contributed by atoms with Crippen molar-refractivity contribution in [1.29, 1.82) is 0 Å². The zero-order valence-corrected chi connectivity index (χ0v) is 17.9. The van der Waals surface area contributed by atoms with Gasteiger partial charge >= 0.3 is 6.09 Å².